The van der Waals surface area contributed by atoms with E-state index >= 15 is 0 Å². The number of ether oxygens (including phenoxy) is 1. The van der Waals surface area contributed by atoms with Gasteiger partial charge in [0.05, 0.1) is 11.2 Å². The van der Waals surface area contributed by atoms with Crippen molar-refractivity contribution >= 4 is 58.8 Å². The van der Waals surface area contributed by atoms with Crippen LogP contribution in [0.2, 0.25) is 0 Å². The first-order valence-corrected chi connectivity index (χ1v) is 12.6. The molecule has 8 aromatic rings. The van der Waals surface area contributed by atoms with Crippen molar-refractivity contribution in [2.75, 3.05) is 0 Å². The molecule has 0 N–H and O–H groups in total. The van der Waals surface area contributed by atoms with Gasteiger partial charge in [-0.15, -0.1) is 11.3 Å². The SMILES string of the molecule is c1cc(Oc2ccc3c4cc5sc6ccccc6c5cc4n4ccnc4c3c2)cc(-n2cccn2)c1. The second-order valence-corrected chi connectivity index (χ2v) is 9.93. The van der Waals surface area contributed by atoms with E-state index in [0.29, 0.717) is 0 Å². The average molecular weight is 483 g/mol. The largest absolute Gasteiger partial charge is 0.457 e. The number of fused-ring (bicyclic) bond motifs is 9. The molecule has 4 heterocycles. The number of rotatable bonds is 3. The third-order valence-electron chi connectivity index (χ3n) is 6.74. The van der Waals surface area contributed by atoms with Crippen molar-refractivity contribution in [2.45, 2.75) is 0 Å². The number of benzene rings is 4. The number of hydrogen-bond acceptors (Lipinski definition) is 4. The minimum atomic E-state index is 0.759. The van der Waals surface area contributed by atoms with Crippen LogP contribution >= 0.6 is 11.3 Å². The Labute approximate surface area is 209 Å². The molecule has 0 saturated carbocycles. The van der Waals surface area contributed by atoms with Gasteiger partial charge < -0.3 is 4.74 Å². The molecule has 0 amide bonds. The Kier molecular flexibility index (Phi) is 4.03. The van der Waals surface area contributed by atoms with Crippen LogP contribution in [0.3, 0.4) is 0 Å². The summed E-state index contributed by atoms with van der Waals surface area (Å²) >= 11 is 1.84. The lowest BCUT2D eigenvalue weighted by molar-refractivity contribution is 0.483. The minimum Gasteiger partial charge on any atom is -0.457 e. The standard InChI is InChI=1S/C30H18N4OS/c1-2-8-28-23(7-1)25-17-27-24(18-29(25)36-28)22-10-9-21(16-26(22)30-31-12-14-33(27)30)35-20-6-3-5-19(15-20)34-13-4-11-32-34/h1-18H. The lowest BCUT2D eigenvalue weighted by atomic mass is 10.0. The topological polar surface area (TPSA) is 44.4 Å². The fourth-order valence-electron chi connectivity index (χ4n) is 5.13. The van der Waals surface area contributed by atoms with E-state index in [0.717, 1.165) is 33.7 Å². The third kappa shape index (κ3) is 2.88. The van der Waals surface area contributed by atoms with Gasteiger partial charge in [-0.1, -0.05) is 24.3 Å². The average Bonchev–Trinajstić information content (AvgIpc) is 3.68. The molecule has 0 atom stereocenters. The van der Waals surface area contributed by atoms with Crippen molar-refractivity contribution < 1.29 is 4.74 Å². The zero-order valence-corrected chi connectivity index (χ0v) is 19.8. The highest BCUT2D eigenvalue weighted by molar-refractivity contribution is 7.25. The molecule has 0 saturated heterocycles. The molecule has 4 aromatic carbocycles. The fourth-order valence-corrected chi connectivity index (χ4v) is 6.25. The Hall–Kier alpha value is -4.68. The molecule has 0 aliphatic heterocycles. The predicted octanol–water partition coefficient (Wildman–Crippen LogP) is 7.99. The molecular formula is C30H18N4OS. The maximum atomic E-state index is 6.30. The Bertz CT molecular complexity index is 2090. The van der Waals surface area contributed by atoms with E-state index in [1.165, 1.54) is 30.9 Å². The second kappa shape index (κ2) is 7.41. The summed E-state index contributed by atoms with van der Waals surface area (Å²) in [5.41, 5.74) is 3.03. The highest BCUT2D eigenvalue weighted by Crippen LogP contribution is 2.40. The van der Waals surface area contributed by atoms with E-state index in [1.54, 1.807) is 6.20 Å². The van der Waals surface area contributed by atoms with Gasteiger partial charge in [-0.25, -0.2) is 9.67 Å². The van der Waals surface area contributed by atoms with Crippen LogP contribution in [0, 0.1) is 0 Å². The second-order valence-electron chi connectivity index (χ2n) is 8.84. The van der Waals surface area contributed by atoms with Gasteiger partial charge in [-0.2, -0.15) is 5.10 Å². The van der Waals surface area contributed by atoms with Gasteiger partial charge in [0.15, 0.2) is 0 Å². The van der Waals surface area contributed by atoms with Crippen LogP contribution in [-0.4, -0.2) is 19.2 Å². The van der Waals surface area contributed by atoms with E-state index in [1.807, 2.05) is 71.0 Å². The maximum absolute atomic E-state index is 6.30. The Morgan fingerprint density at radius 3 is 2.53 bits per heavy atom. The molecule has 0 spiro atoms. The molecule has 0 aliphatic rings. The van der Waals surface area contributed by atoms with Crippen molar-refractivity contribution in [2.24, 2.45) is 0 Å². The van der Waals surface area contributed by atoms with Gasteiger partial charge in [0.25, 0.3) is 0 Å². The quantitative estimate of drug-likeness (QED) is 0.240. The number of imidazole rings is 1. The summed E-state index contributed by atoms with van der Waals surface area (Å²) in [7, 11) is 0. The first-order valence-electron chi connectivity index (χ1n) is 11.7. The molecule has 0 fully saturated rings. The van der Waals surface area contributed by atoms with E-state index in [4.69, 9.17) is 9.72 Å². The summed E-state index contributed by atoms with van der Waals surface area (Å²) in [4.78, 5) is 4.72. The van der Waals surface area contributed by atoms with E-state index < -0.39 is 0 Å². The van der Waals surface area contributed by atoms with Gasteiger partial charge in [-0.05, 0) is 60.0 Å². The van der Waals surface area contributed by atoms with Crippen molar-refractivity contribution in [3.8, 4) is 17.2 Å². The van der Waals surface area contributed by atoms with Crippen LogP contribution in [0.1, 0.15) is 0 Å². The summed E-state index contributed by atoms with van der Waals surface area (Å²) in [5, 5.41) is 10.3. The molecule has 170 valence electrons. The molecule has 36 heavy (non-hydrogen) atoms. The van der Waals surface area contributed by atoms with Crippen LogP contribution in [0.4, 0.5) is 0 Å². The predicted molar refractivity (Wildman–Crippen MR) is 147 cm³/mol. The van der Waals surface area contributed by atoms with Gasteiger partial charge in [0, 0.05) is 61.8 Å². The summed E-state index contributed by atoms with van der Waals surface area (Å²) < 4.78 is 12.9. The van der Waals surface area contributed by atoms with Crippen molar-refractivity contribution in [1.82, 2.24) is 19.2 Å². The highest BCUT2D eigenvalue weighted by Gasteiger charge is 2.14. The number of hydrogen-bond donors (Lipinski definition) is 0. The summed E-state index contributed by atoms with van der Waals surface area (Å²) in [6, 6.07) is 29.4. The molecule has 0 aliphatic carbocycles. The first kappa shape index (κ1) is 19.6. The van der Waals surface area contributed by atoms with Gasteiger partial charge in [0.2, 0.25) is 0 Å². The zero-order valence-electron chi connectivity index (χ0n) is 19.0. The minimum absolute atomic E-state index is 0.759. The molecule has 4 aromatic heterocycles. The number of nitrogens with zero attached hydrogens (tertiary/aromatic N) is 4. The van der Waals surface area contributed by atoms with Crippen LogP contribution in [0.5, 0.6) is 11.5 Å². The number of pyridine rings is 1. The summed E-state index contributed by atoms with van der Waals surface area (Å²) in [6.07, 6.45) is 7.59. The summed E-state index contributed by atoms with van der Waals surface area (Å²) in [5.74, 6) is 1.53. The lowest BCUT2D eigenvalue weighted by Crippen LogP contribution is -1.95. The van der Waals surface area contributed by atoms with Crippen LogP contribution < -0.4 is 4.74 Å². The molecule has 5 nitrogen and oxygen atoms in total. The third-order valence-corrected chi connectivity index (χ3v) is 7.87. The maximum Gasteiger partial charge on any atom is 0.145 e. The van der Waals surface area contributed by atoms with Gasteiger partial charge >= 0.3 is 0 Å². The van der Waals surface area contributed by atoms with E-state index in [2.05, 4.69) is 58.0 Å². The zero-order chi connectivity index (χ0) is 23.6. The van der Waals surface area contributed by atoms with Crippen LogP contribution in [-0.2, 0) is 0 Å². The van der Waals surface area contributed by atoms with Gasteiger partial charge in [0.1, 0.15) is 17.1 Å². The Morgan fingerprint density at radius 1 is 0.639 bits per heavy atom. The molecular weight excluding hydrogens is 464 g/mol. The smallest absolute Gasteiger partial charge is 0.145 e. The molecule has 8 rings (SSSR count). The Balaban J connectivity index is 1.32. The van der Waals surface area contributed by atoms with Crippen molar-refractivity contribution in [3.63, 3.8) is 0 Å². The molecule has 0 bridgehead atoms. The number of thiophene rings is 1. The van der Waals surface area contributed by atoms with E-state index in [9.17, 15) is 0 Å². The molecule has 6 heteroatoms. The van der Waals surface area contributed by atoms with Crippen molar-refractivity contribution in [1.29, 1.82) is 0 Å². The van der Waals surface area contributed by atoms with Crippen LogP contribution in [0.15, 0.2) is 110 Å². The van der Waals surface area contributed by atoms with Crippen molar-refractivity contribution in [3.05, 3.63) is 110 Å². The monoisotopic (exact) mass is 482 g/mol. The normalized spacial score (nSPS) is 11.9. The lowest BCUT2D eigenvalue weighted by Gasteiger charge is -2.12. The first-order chi connectivity index (χ1) is 17.8. The van der Waals surface area contributed by atoms with Gasteiger partial charge in [-0.3, -0.25) is 4.40 Å². The van der Waals surface area contributed by atoms with Crippen LogP contribution in [0.25, 0.3) is 53.2 Å². The fraction of sp³-hybridized carbons (Fsp3) is 0. The highest BCUT2D eigenvalue weighted by atomic mass is 32.1. The molecule has 0 unspecified atom stereocenters. The Morgan fingerprint density at radius 2 is 1.58 bits per heavy atom. The van der Waals surface area contributed by atoms with E-state index in [-0.39, 0.29) is 0 Å². The number of aromatic nitrogens is 4. The molecule has 0 radical (unpaired) electrons. The summed E-state index contributed by atoms with van der Waals surface area (Å²) in [6.45, 7) is 0.